The molecule has 0 saturated heterocycles. The second kappa shape index (κ2) is 6.04. The molecule has 2 rings (SSSR count). The van der Waals surface area contributed by atoms with Gasteiger partial charge in [0.25, 0.3) is 0 Å². The van der Waals surface area contributed by atoms with Gasteiger partial charge >= 0.3 is 5.97 Å². The fourth-order valence-electron chi connectivity index (χ4n) is 3.69. The van der Waals surface area contributed by atoms with Crippen molar-refractivity contribution in [1.29, 1.82) is 0 Å². The van der Waals surface area contributed by atoms with Crippen molar-refractivity contribution < 1.29 is 9.53 Å². The first kappa shape index (κ1) is 17.0. The summed E-state index contributed by atoms with van der Waals surface area (Å²) in [5, 5.41) is 0. The van der Waals surface area contributed by atoms with E-state index in [1.54, 1.807) is 0 Å². The van der Waals surface area contributed by atoms with Crippen LogP contribution in [0.5, 0.6) is 0 Å². The Balaban J connectivity index is 2.37. The number of allylic oxidation sites excluding steroid dienone is 3. The molecule has 0 aromatic rings. The van der Waals surface area contributed by atoms with Crippen molar-refractivity contribution in [2.45, 2.75) is 51.0 Å². The molecule has 0 amide bonds. The molecule has 0 N–H and O–H groups in total. The summed E-state index contributed by atoms with van der Waals surface area (Å²) in [6, 6.07) is 0. The summed E-state index contributed by atoms with van der Waals surface area (Å²) in [7, 11) is 0. The molecule has 1 saturated carbocycles. The molecule has 3 atom stereocenters. The Morgan fingerprint density at radius 3 is 2.67 bits per heavy atom. The minimum atomic E-state index is -0.229. The molecule has 1 spiro atoms. The molecule has 0 aromatic carbocycles. The Kier molecular flexibility index (Phi) is 4.89. The second-order valence-electron chi connectivity index (χ2n) is 6.57. The number of halogens is 2. The van der Waals surface area contributed by atoms with E-state index in [0.29, 0.717) is 0 Å². The second-order valence-corrected chi connectivity index (χ2v) is 8.01. The SMILES string of the molecule is C=C1CC(OC(C)=O)C(Br)C(C)(C)C12C=CC(=CBr)CC2. The van der Waals surface area contributed by atoms with E-state index in [9.17, 15) is 4.79 Å². The van der Waals surface area contributed by atoms with E-state index in [2.05, 4.69) is 64.4 Å². The Hall–Kier alpha value is -0.350. The van der Waals surface area contributed by atoms with Crippen LogP contribution >= 0.6 is 31.9 Å². The van der Waals surface area contributed by atoms with Crippen molar-refractivity contribution in [3.8, 4) is 0 Å². The highest BCUT2D eigenvalue weighted by Crippen LogP contribution is 2.60. The molecule has 0 bridgehead atoms. The fourth-order valence-corrected chi connectivity index (χ4v) is 4.77. The van der Waals surface area contributed by atoms with Crippen molar-refractivity contribution >= 4 is 37.8 Å². The molecule has 3 unspecified atom stereocenters. The third-order valence-corrected chi connectivity index (χ3v) is 7.41. The van der Waals surface area contributed by atoms with Gasteiger partial charge in [-0.15, -0.1) is 0 Å². The van der Waals surface area contributed by atoms with Gasteiger partial charge < -0.3 is 4.74 Å². The van der Waals surface area contributed by atoms with Crippen LogP contribution in [0.2, 0.25) is 0 Å². The monoisotopic (exact) mass is 416 g/mol. The molecule has 1 fully saturated rings. The average molecular weight is 418 g/mol. The maximum atomic E-state index is 11.3. The highest BCUT2D eigenvalue weighted by Gasteiger charge is 2.56. The molecule has 116 valence electrons. The summed E-state index contributed by atoms with van der Waals surface area (Å²) in [4.78, 5) is 13.4. The normalized spacial score (nSPS) is 37.0. The lowest BCUT2D eigenvalue weighted by Crippen LogP contribution is -2.54. The molecular formula is C17H22Br2O2. The van der Waals surface area contributed by atoms with E-state index in [0.717, 1.165) is 19.3 Å². The Morgan fingerprint density at radius 1 is 1.52 bits per heavy atom. The van der Waals surface area contributed by atoms with E-state index in [4.69, 9.17) is 4.74 Å². The minimum Gasteiger partial charge on any atom is -0.461 e. The first-order valence-electron chi connectivity index (χ1n) is 7.22. The van der Waals surface area contributed by atoms with Crippen molar-refractivity contribution in [2.75, 3.05) is 0 Å². The maximum Gasteiger partial charge on any atom is 0.302 e. The summed E-state index contributed by atoms with van der Waals surface area (Å²) in [5.41, 5.74) is 2.35. The Morgan fingerprint density at radius 2 is 2.19 bits per heavy atom. The van der Waals surface area contributed by atoms with E-state index >= 15 is 0 Å². The number of hydrogen-bond donors (Lipinski definition) is 0. The smallest absolute Gasteiger partial charge is 0.302 e. The van der Waals surface area contributed by atoms with Gasteiger partial charge in [-0.1, -0.05) is 70.0 Å². The zero-order valence-electron chi connectivity index (χ0n) is 12.8. The van der Waals surface area contributed by atoms with Crippen LogP contribution in [0.25, 0.3) is 0 Å². The highest BCUT2D eigenvalue weighted by molar-refractivity contribution is 9.11. The third-order valence-electron chi connectivity index (χ3n) is 5.09. The molecule has 2 nitrogen and oxygen atoms in total. The summed E-state index contributed by atoms with van der Waals surface area (Å²) in [5.74, 6) is -0.229. The lowest BCUT2D eigenvalue weighted by molar-refractivity contribution is -0.149. The molecule has 21 heavy (non-hydrogen) atoms. The molecule has 0 radical (unpaired) electrons. The van der Waals surface area contributed by atoms with Gasteiger partial charge in [-0.3, -0.25) is 4.79 Å². The van der Waals surface area contributed by atoms with E-state index in [1.165, 1.54) is 18.1 Å². The van der Waals surface area contributed by atoms with Crippen molar-refractivity contribution in [2.24, 2.45) is 10.8 Å². The number of rotatable bonds is 1. The lowest BCUT2D eigenvalue weighted by Gasteiger charge is -2.56. The van der Waals surface area contributed by atoms with Gasteiger partial charge in [-0.25, -0.2) is 0 Å². The first-order valence-corrected chi connectivity index (χ1v) is 9.06. The van der Waals surface area contributed by atoms with Crippen molar-refractivity contribution in [1.82, 2.24) is 0 Å². The van der Waals surface area contributed by atoms with E-state index < -0.39 is 0 Å². The van der Waals surface area contributed by atoms with Gasteiger partial charge in [-0.05, 0) is 28.8 Å². The van der Waals surface area contributed by atoms with Crippen molar-refractivity contribution in [3.05, 3.63) is 34.9 Å². The molecule has 2 aliphatic carbocycles. The van der Waals surface area contributed by atoms with Gasteiger partial charge in [0, 0.05) is 18.8 Å². The predicted molar refractivity (Wildman–Crippen MR) is 93.6 cm³/mol. The number of alkyl halides is 1. The van der Waals surface area contributed by atoms with Crippen molar-refractivity contribution in [3.63, 3.8) is 0 Å². The average Bonchev–Trinajstić information content (AvgIpc) is 2.43. The van der Waals surface area contributed by atoms with Crippen LogP contribution in [0.4, 0.5) is 0 Å². The minimum absolute atomic E-state index is 0.0443. The van der Waals surface area contributed by atoms with Crippen LogP contribution in [0.3, 0.4) is 0 Å². The standard InChI is InChI=1S/C17H22Br2O2/c1-11-9-14(21-12(2)20)15(19)16(3,4)17(11)7-5-13(10-18)6-8-17/h5,7,10,14-15H,1,6,8-9H2,2-4H3. The number of hydrogen-bond acceptors (Lipinski definition) is 2. The lowest BCUT2D eigenvalue weighted by atomic mass is 9.52. The summed E-state index contributed by atoms with van der Waals surface area (Å²) in [6.07, 6.45) is 7.14. The van der Waals surface area contributed by atoms with Crippen LogP contribution in [0.15, 0.2) is 34.9 Å². The van der Waals surface area contributed by atoms with Crippen LogP contribution in [0.1, 0.15) is 40.0 Å². The van der Waals surface area contributed by atoms with E-state index in [1.807, 2.05) is 4.99 Å². The predicted octanol–water partition coefficient (Wildman–Crippen LogP) is 5.28. The number of esters is 1. The third kappa shape index (κ3) is 2.81. The fraction of sp³-hybridized carbons (Fsp3) is 0.588. The molecule has 4 heteroatoms. The number of carbonyl (C=O) groups is 1. The molecule has 0 aliphatic heterocycles. The quantitative estimate of drug-likeness (QED) is 0.329. The van der Waals surface area contributed by atoms with Gasteiger partial charge in [0.2, 0.25) is 0 Å². The highest BCUT2D eigenvalue weighted by atomic mass is 79.9. The first-order chi connectivity index (χ1) is 9.74. The zero-order valence-corrected chi connectivity index (χ0v) is 16.0. The molecule has 0 heterocycles. The van der Waals surface area contributed by atoms with Gasteiger partial charge in [0.05, 0.1) is 4.83 Å². The maximum absolute atomic E-state index is 11.3. The summed E-state index contributed by atoms with van der Waals surface area (Å²) >= 11 is 7.21. The van der Waals surface area contributed by atoms with Crippen LogP contribution in [-0.4, -0.2) is 16.9 Å². The van der Waals surface area contributed by atoms with Gasteiger partial charge in [0.1, 0.15) is 6.10 Å². The van der Waals surface area contributed by atoms with Crippen LogP contribution < -0.4 is 0 Å². The molecule has 0 aromatic heterocycles. The number of ether oxygens (including phenoxy) is 1. The number of carbonyl (C=O) groups excluding carboxylic acids is 1. The topological polar surface area (TPSA) is 26.3 Å². The zero-order chi connectivity index (χ0) is 15.8. The van der Waals surface area contributed by atoms with E-state index in [-0.39, 0.29) is 27.7 Å². The largest absolute Gasteiger partial charge is 0.461 e. The van der Waals surface area contributed by atoms with Crippen LogP contribution in [0, 0.1) is 10.8 Å². The summed E-state index contributed by atoms with van der Waals surface area (Å²) in [6.45, 7) is 10.3. The molecular weight excluding hydrogens is 396 g/mol. The Bertz CT molecular complexity index is 519. The Labute approximate surface area is 144 Å². The van der Waals surface area contributed by atoms with Crippen LogP contribution in [-0.2, 0) is 9.53 Å². The van der Waals surface area contributed by atoms with Gasteiger partial charge in [-0.2, -0.15) is 0 Å². The van der Waals surface area contributed by atoms with Gasteiger partial charge in [0.15, 0.2) is 0 Å². The molecule has 2 aliphatic rings. The summed E-state index contributed by atoms with van der Waals surface area (Å²) < 4.78 is 5.50.